The van der Waals surface area contributed by atoms with Gasteiger partial charge in [0.05, 0.1) is 13.7 Å². The van der Waals surface area contributed by atoms with E-state index in [1.807, 2.05) is 61.5 Å². The van der Waals surface area contributed by atoms with Crippen LogP contribution in [-0.4, -0.2) is 46.4 Å². The summed E-state index contributed by atoms with van der Waals surface area (Å²) in [4.78, 5) is 9.05. The molecule has 0 aliphatic carbocycles. The molecule has 1 unspecified atom stereocenters. The van der Waals surface area contributed by atoms with Crippen LogP contribution in [-0.2, 0) is 12.1 Å². The highest BCUT2D eigenvalue weighted by Gasteiger charge is 2.23. The molecule has 4 N–H and O–H groups in total. The monoisotopic (exact) mass is 408 g/mol. The normalized spacial score (nSPS) is 13.5. The Morgan fingerprint density at radius 2 is 1.87 bits per heavy atom. The van der Waals surface area contributed by atoms with E-state index in [4.69, 9.17) is 4.74 Å². The number of aliphatic hydroxyl groups is 1. The number of aromatic amines is 1. The number of ether oxygens (including phenoxy) is 1. The second-order valence-electron chi connectivity index (χ2n) is 7.02. The number of methoxy groups -OCH3 is 1. The molecule has 3 rings (SSSR count). The number of guanidine groups is 1. The summed E-state index contributed by atoms with van der Waals surface area (Å²) in [5.41, 5.74) is 0.713. The molecule has 158 valence electrons. The van der Waals surface area contributed by atoms with E-state index in [0.717, 1.165) is 16.9 Å². The van der Waals surface area contributed by atoms with Crippen molar-refractivity contribution >= 4 is 5.96 Å². The molecule has 1 heterocycles. The van der Waals surface area contributed by atoms with Gasteiger partial charge < -0.3 is 20.5 Å². The molecule has 0 bridgehead atoms. The first kappa shape index (κ1) is 21.3. The molecule has 0 radical (unpaired) electrons. The number of benzene rings is 2. The zero-order valence-electron chi connectivity index (χ0n) is 17.5. The molecule has 0 spiro atoms. The lowest BCUT2D eigenvalue weighted by molar-refractivity contribution is 0.0617. The summed E-state index contributed by atoms with van der Waals surface area (Å²) in [5.74, 6) is 2.63. The molecule has 0 amide bonds. The Morgan fingerprint density at radius 3 is 2.53 bits per heavy atom. The molecule has 1 atom stereocenters. The van der Waals surface area contributed by atoms with Gasteiger partial charge in [-0.15, -0.1) is 0 Å². The Kier molecular flexibility index (Phi) is 7.03. The first-order chi connectivity index (χ1) is 14.5. The molecule has 0 aliphatic rings. The predicted octanol–water partition coefficient (Wildman–Crippen LogP) is 2.44. The fraction of sp³-hybridized carbons (Fsp3) is 0.318. The van der Waals surface area contributed by atoms with Crippen molar-refractivity contribution in [3.05, 3.63) is 66.0 Å². The molecular formula is C22H28N6O2. The Balaban J connectivity index is 1.64. The summed E-state index contributed by atoms with van der Waals surface area (Å²) >= 11 is 0. The Labute approximate surface area is 176 Å². The van der Waals surface area contributed by atoms with Crippen molar-refractivity contribution in [2.24, 2.45) is 4.99 Å². The van der Waals surface area contributed by atoms with Gasteiger partial charge in [-0.25, -0.2) is 9.98 Å². The van der Waals surface area contributed by atoms with Gasteiger partial charge in [0.25, 0.3) is 0 Å². The highest BCUT2D eigenvalue weighted by molar-refractivity contribution is 5.79. The standard InChI is InChI=1S/C22H28N6O2/c1-4-23-21(25-15-22(2,29)17-8-6-5-7-9-17)24-14-19-26-20(28-27-19)16-10-12-18(30-3)13-11-16/h5-13,29H,4,14-15H2,1-3H3,(H2,23,24,25)(H,26,27,28). The van der Waals surface area contributed by atoms with Crippen molar-refractivity contribution < 1.29 is 9.84 Å². The van der Waals surface area contributed by atoms with E-state index in [0.29, 0.717) is 37.2 Å². The quantitative estimate of drug-likeness (QED) is 0.337. The molecule has 8 heteroatoms. The lowest BCUT2D eigenvalue weighted by Gasteiger charge is -2.25. The van der Waals surface area contributed by atoms with E-state index in [9.17, 15) is 5.11 Å². The lowest BCUT2D eigenvalue weighted by Crippen LogP contribution is -2.44. The number of nitrogens with zero attached hydrogens (tertiary/aromatic N) is 3. The zero-order chi connectivity index (χ0) is 21.4. The number of aliphatic imine (C=N–C) groups is 1. The lowest BCUT2D eigenvalue weighted by atomic mass is 9.96. The van der Waals surface area contributed by atoms with Crippen LogP contribution in [0.4, 0.5) is 0 Å². The summed E-state index contributed by atoms with van der Waals surface area (Å²) in [6, 6.07) is 17.1. The second kappa shape index (κ2) is 9.89. The SMILES string of the molecule is CCNC(=NCc1nc(-c2ccc(OC)cc2)n[nH]1)NCC(C)(O)c1ccccc1. The summed E-state index contributed by atoms with van der Waals surface area (Å²) in [6.45, 7) is 5.11. The Hall–Kier alpha value is -3.39. The first-order valence-corrected chi connectivity index (χ1v) is 9.87. The highest BCUT2D eigenvalue weighted by atomic mass is 16.5. The van der Waals surface area contributed by atoms with Gasteiger partial charge in [0, 0.05) is 12.1 Å². The van der Waals surface area contributed by atoms with Crippen molar-refractivity contribution in [1.29, 1.82) is 0 Å². The van der Waals surface area contributed by atoms with Crippen molar-refractivity contribution in [2.75, 3.05) is 20.2 Å². The van der Waals surface area contributed by atoms with Crippen LogP contribution in [0.3, 0.4) is 0 Å². The van der Waals surface area contributed by atoms with Crippen molar-refractivity contribution in [1.82, 2.24) is 25.8 Å². The predicted molar refractivity (Wildman–Crippen MR) is 117 cm³/mol. The number of nitrogens with one attached hydrogen (secondary N) is 3. The van der Waals surface area contributed by atoms with Crippen LogP contribution in [0.25, 0.3) is 11.4 Å². The van der Waals surface area contributed by atoms with Gasteiger partial charge in [0.1, 0.15) is 23.7 Å². The van der Waals surface area contributed by atoms with Crippen LogP contribution in [0.2, 0.25) is 0 Å². The van der Waals surface area contributed by atoms with Gasteiger partial charge in [-0.1, -0.05) is 30.3 Å². The molecule has 0 saturated heterocycles. The van der Waals surface area contributed by atoms with E-state index in [1.54, 1.807) is 14.0 Å². The van der Waals surface area contributed by atoms with Crippen molar-refractivity contribution in [3.8, 4) is 17.1 Å². The molecular weight excluding hydrogens is 380 g/mol. The topological polar surface area (TPSA) is 107 Å². The van der Waals surface area contributed by atoms with E-state index in [-0.39, 0.29) is 0 Å². The molecule has 0 aliphatic heterocycles. The fourth-order valence-corrected chi connectivity index (χ4v) is 2.89. The van der Waals surface area contributed by atoms with Crippen molar-refractivity contribution in [3.63, 3.8) is 0 Å². The third-order valence-electron chi connectivity index (χ3n) is 4.61. The van der Waals surface area contributed by atoms with E-state index in [2.05, 4.69) is 30.8 Å². The largest absolute Gasteiger partial charge is 0.497 e. The maximum Gasteiger partial charge on any atom is 0.191 e. The van der Waals surface area contributed by atoms with Crippen molar-refractivity contribution in [2.45, 2.75) is 26.0 Å². The smallest absolute Gasteiger partial charge is 0.191 e. The summed E-state index contributed by atoms with van der Waals surface area (Å²) < 4.78 is 5.18. The summed E-state index contributed by atoms with van der Waals surface area (Å²) in [6.07, 6.45) is 0. The number of aromatic nitrogens is 3. The summed E-state index contributed by atoms with van der Waals surface area (Å²) in [5, 5.41) is 24.3. The minimum absolute atomic E-state index is 0.316. The van der Waals surface area contributed by atoms with E-state index < -0.39 is 5.60 Å². The van der Waals surface area contributed by atoms with Crippen LogP contribution in [0.5, 0.6) is 5.75 Å². The van der Waals surface area contributed by atoms with E-state index >= 15 is 0 Å². The van der Waals surface area contributed by atoms with Crippen LogP contribution in [0.15, 0.2) is 59.6 Å². The van der Waals surface area contributed by atoms with Gasteiger partial charge >= 0.3 is 0 Å². The van der Waals surface area contributed by atoms with Crippen LogP contribution in [0, 0.1) is 0 Å². The maximum atomic E-state index is 10.8. The average Bonchev–Trinajstić information content (AvgIpc) is 3.25. The number of hydrogen-bond donors (Lipinski definition) is 4. The molecule has 0 fully saturated rings. The fourth-order valence-electron chi connectivity index (χ4n) is 2.89. The number of hydrogen-bond acceptors (Lipinski definition) is 5. The molecule has 30 heavy (non-hydrogen) atoms. The van der Waals surface area contributed by atoms with Crippen LogP contribution < -0.4 is 15.4 Å². The molecule has 3 aromatic rings. The van der Waals surface area contributed by atoms with E-state index in [1.165, 1.54) is 0 Å². The average molecular weight is 409 g/mol. The Morgan fingerprint density at radius 1 is 1.13 bits per heavy atom. The van der Waals surface area contributed by atoms with Gasteiger partial charge in [0.15, 0.2) is 11.8 Å². The highest BCUT2D eigenvalue weighted by Crippen LogP contribution is 2.20. The van der Waals surface area contributed by atoms with Gasteiger partial charge in [-0.3, -0.25) is 5.10 Å². The first-order valence-electron chi connectivity index (χ1n) is 9.87. The third kappa shape index (κ3) is 5.57. The second-order valence-corrected chi connectivity index (χ2v) is 7.02. The molecule has 2 aromatic carbocycles. The number of H-pyrrole nitrogens is 1. The van der Waals surface area contributed by atoms with Gasteiger partial charge in [-0.2, -0.15) is 5.10 Å². The third-order valence-corrected chi connectivity index (χ3v) is 4.61. The zero-order valence-corrected chi connectivity index (χ0v) is 17.5. The maximum absolute atomic E-state index is 10.8. The Bertz CT molecular complexity index is 951. The van der Waals surface area contributed by atoms with Crippen LogP contribution >= 0.6 is 0 Å². The minimum Gasteiger partial charge on any atom is -0.497 e. The number of rotatable bonds is 8. The minimum atomic E-state index is -1.02. The molecule has 0 saturated carbocycles. The molecule has 1 aromatic heterocycles. The molecule has 8 nitrogen and oxygen atoms in total. The van der Waals surface area contributed by atoms with Crippen LogP contribution in [0.1, 0.15) is 25.2 Å². The summed E-state index contributed by atoms with van der Waals surface area (Å²) in [7, 11) is 1.63. The van der Waals surface area contributed by atoms with Gasteiger partial charge in [0.2, 0.25) is 0 Å². The van der Waals surface area contributed by atoms with Gasteiger partial charge in [-0.05, 0) is 43.7 Å².